The van der Waals surface area contributed by atoms with Crippen molar-refractivity contribution in [1.29, 1.82) is 0 Å². The lowest BCUT2D eigenvalue weighted by molar-refractivity contribution is -0.435. The summed E-state index contributed by atoms with van der Waals surface area (Å²) in [6.45, 7) is 0.347. The maximum absolute atomic E-state index is 13.1. The van der Waals surface area contributed by atoms with Gasteiger partial charge in [0.15, 0.2) is 5.72 Å². The molecular weight excluding hydrogens is 295 g/mol. The van der Waals surface area contributed by atoms with Gasteiger partial charge in [0.05, 0.1) is 0 Å². The Hall–Kier alpha value is -1.56. The number of amides is 1. The van der Waals surface area contributed by atoms with Gasteiger partial charge in [-0.15, -0.1) is 13.2 Å². The van der Waals surface area contributed by atoms with Crippen molar-refractivity contribution in [3.05, 3.63) is 35.9 Å². The molecule has 1 atom stereocenters. The van der Waals surface area contributed by atoms with Crippen LogP contribution in [0.15, 0.2) is 30.3 Å². The van der Waals surface area contributed by atoms with E-state index >= 15 is 0 Å². The van der Waals surface area contributed by atoms with E-state index in [9.17, 15) is 18.0 Å². The number of carbonyl (C=O) groups is 1. The van der Waals surface area contributed by atoms with Gasteiger partial charge in [-0.05, 0) is 18.4 Å². The van der Waals surface area contributed by atoms with Crippen LogP contribution in [-0.2, 0) is 16.0 Å². The van der Waals surface area contributed by atoms with E-state index in [1.165, 1.54) is 4.90 Å². The highest BCUT2D eigenvalue weighted by Crippen LogP contribution is 2.59. The lowest BCUT2D eigenvalue weighted by Crippen LogP contribution is -2.76. The molecule has 2 fully saturated rings. The van der Waals surface area contributed by atoms with Crippen LogP contribution in [0, 0.1) is 5.41 Å². The van der Waals surface area contributed by atoms with Gasteiger partial charge in [0.25, 0.3) is 0 Å². The first-order valence-electron chi connectivity index (χ1n) is 7.44. The minimum absolute atomic E-state index is 0.0616. The zero-order valence-corrected chi connectivity index (χ0v) is 12.1. The fourth-order valence-corrected chi connectivity index (χ4v) is 4.07. The number of benzene rings is 1. The minimum atomic E-state index is -4.77. The third-order valence-electron chi connectivity index (χ3n) is 5.02. The van der Waals surface area contributed by atoms with E-state index < -0.39 is 17.5 Å². The van der Waals surface area contributed by atoms with Crippen LogP contribution < -0.4 is 0 Å². The summed E-state index contributed by atoms with van der Waals surface area (Å²) in [6, 6.07) is 8.91. The van der Waals surface area contributed by atoms with Crippen molar-refractivity contribution in [2.75, 3.05) is 6.54 Å². The molecule has 0 bridgehead atoms. The third kappa shape index (κ3) is 2.39. The van der Waals surface area contributed by atoms with Gasteiger partial charge in [-0.2, -0.15) is 0 Å². The van der Waals surface area contributed by atoms with Crippen molar-refractivity contribution < 1.29 is 22.7 Å². The average molecular weight is 313 g/mol. The molecule has 1 saturated carbocycles. The molecule has 1 amide bonds. The number of ether oxygens (including phenoxy) is 1. The Morgan fingerprint density at radius 2 is 1.82 bits per heavy atom. The zero-order chi connectivity index (χ0) is 15.8. The van der Waals surface area contributed by atoms with E-state index in [2.05, 4.69) is 4.74 Å². The van der Waals surface area contributed by atoms with E-state index in [0.29, 0.717) is 25.8 Å². The fourth-order valence-electron chi connectivity index (χ4n) is 4.07. The van der Waals surface area contributed by atoms with Crippen molar-refractivity contribution in [2.45, 2.75) is 44.2 Å². The van der Waals surface area contributed by atoms with E-state index in [0.717, 1.165) is 18.4 Å². The number of hydrogen-bond donors (Lipinski definition) is 0. The highest BCUT2D eigenvalue weighted by Gasteiger charge is 2.68. The van der Waals surface area contributed by atoms with Crippen molar-refractivity contribution in [3.63, 3.8) is 0 Å². The van der Waals surface area contributed by atoms with Crippen LogP contribution in [0.2, 0.25) is 0 Å². The molecule has 1 unspecified atom stereocenters. The molecule has 1 aliphatic carbocycles. The Morgan fingerprint density at radius 1 is 1.18 bits per heavy atom. The molecule has 1 aromatic rings. The van der Waals surface area contributed by atoms with Gasteiger partial charge >= 0.3 is 6.36 Å². The van der Waals surface area contributed by atoms with Crippen molar-refractivity contribution in [2.24, 2.45) is 5.41 Å². The second-order valence-corrected chi connectivity index (χ2v) is 6.22. The summed E-state index contributed by atoms with van der Waals surface area (Å²) >= 11 is 0. The Bertz CT molecular complexity index is 540. The lowest BCUT2D eigenvalue weighted by Gasteiger charge is -2.63. The van der Waals surface area contributed by atoms with Crippen LogP contribution in [0.3, 0.4) is 0 Å². The van der Waals surface area contributed by atoms with Gasteiger partial charge in [0.2, 0.25) is 6.41 Å². The summed E-state index contributed by atoms with van der Waals surface area (Å²) in [4.78, 5) is 12.5. The maximum Gasteiger partial charge on any atom is 0.524 e. The predicted octanol–water partition coefficient (Wildman–Crippen LogP) is 3.49. The largest absolute Gasteiger partial charge is 0.524 e. The van der Waals surface area contributed by atoms with Crippen LogP contribution in [-0.4, -0.2) is 29.9 Å². The SMILES string of the molecule is O=CN1CC2(CCCC2)C1(Cc1ccccc1)OC(F)(F)F. The number of alkyl halides is 3. The van der Waals surface area contributed by atoms with Crippen LogP contribution in [0.4, 0.5) is 13.2 Å². The van der Waals surface area contributed by atoms with Gasteiger partial charge in [0.1, 0.15) is 0 Å². The first-order valence-corrected chi connectivity index (χ1v) is 7.44. The molecule has 1 saturated heterocycles. The van der Waals surface area contributed by atoms with Crippen molar-refractivity contribution in [1.82, 2.24) is 4.90 Å². The summed E-state index contributed by atoms with van der Waals surface area (Å²) in [5.74, 6) is 0. The van der Waals surface area contributed by atoms with E-state index in [1.807, 2.05) is 6.07 Å². The fraction of sp³-hybridized carbons (Fsp3) is 0.562. The second kappa shape index (κ2) is 5.26. The van der Waals surface area contributed by atoms with Crippen LogP contribution >= 0.6 is 0 Å². The normalized spacial score (nSPS) is 27.0. The Morgan fingerprint density at radius 3 is 2.36 bits per heavy atom. The van der Waals surface area contributed by atoms with Gasteiger partial charge in [-0.3, -0.25) is 9.53 Å². The molecule has 120 valence electrons. The van der Waals surface area contributed by atoms with Gasteiger partial charge in [-0.1, -0.05) is 43.2 Å². The molecule has 3 nitrogen and oxygen atoms in total. The lowest BCUT2D eigenvalue weighted by atomic mass is 9.64. The smallest absolute Gasteiger partial charge is 0.315 e. The highest BCUT2D eigenvalue weighted by molar-refractivity contribution is 5.53. The van der Waals surface area contributed by atoms with E-state index in [4.69, 9.17) is 0 Å². The van der Waals surface area contributed by atoms with Crippen molar-refractivity contribution >= 4 is 6.41 Å². The molecule has 2 aliphatic rings. The van der Waals surface area contributed by atoms with Crippen LogP contribution in [0.1, 0.15) is 31.2 Å². The summed E-state index contributed by atoms with van der Waals surface area (Å²) in [7, 11) is 0. The minimum Gasteiger partial charge on any atom is -0.315 e. The molecule has 0 radical (unpaired) electrons. The molecule has 6 heteroatoms. The number of halogens is 3. The Kier molecular flexibility index (Phi) is 3.67. The first kappa shape index (κ1) is 15.3. The van der Waals surface area contributed by atoms with E-state index in [-0.39, 0.29) is 6.42 Å². The number of hydrogen-bond acceptors (Lipinski definition) is 2. The molecule has 3 rings (SSSR count). The van der Waals surface area contributed by atoms with Gasteiger partial charge in [-0.25, -0.2) is 0 Å². The number of nitrogens with zero attached hydrogens (tertiary/aromatic N) is 1. The van der Waals surface area contributed by atoms with Crippen LogP contribution in [0.5, 0.6) is 0 Å². The summed E-state index contributed by atoms with van der Waals surface area (Å²) < 4.78 is 43.8. The monoisotopic (exact) mass is 313 g/mol. The molecule has 22 heavy (non-hydrogen) atoms. The molecule has 1 aromatic carbocycles. The summed E-state index contributed by atoms with van der Waals surface area (Å²) in [5.41, 5.74) is -1.45. The molecule has 1 spiro atoms. The molecule has 0 aromatic heterocycles. The average Bonchev–Trinajstić information content (AvgIpc) is 2.95. The number of likely N-dealkylation sites (tertiary alicyclic amines) is 1. The Balaban J connectivity index is 1.99. The molecular formula is C16H18F3NO2. The molecule has 1 heterocycles. The maximum atomic E-state index is 13.1. The Labute approximate surface area is 127 Å². The zero-order valence-electron chi connectivity index (χ0n) is 12.1. The van der Waals surface area contributed by atoms with Gasteiger partial charge in [0, 0.05) is 18.4 Å². The van der Waals surface area contributed by atoms with Crippen molar-refractivity contribution in [3.8, 4) is 0 Å². The quantitative estimate of drug-likeness (QED) is 0.796. The molecule has 0 N–H and O–H groups in total. The van der Waals surface area contributed by atoms with Crippen LogP contribution in [0.25, 0.3) is 0 Å². The summed E-state index contributed by atoms with van der Waals surface area (Å²) in [6.07, 6.45) is -1.13. The van der Waals surface area contributed by atoms with E-state index in [1.54, 1.807) is 24.3 Å². The molecule has 1 aliphatic heterocycles. The standard InChI is InChI=1S/C16H18F3NO2/c17-16(18,19)22-15(10-13-6-2-1-3-7-13)14(8-4-5-9-14)11-20(15)12-21/h1-3,6-7,12H,4-5,8-11H2. The first-order chi connectivity index (χ1) is 10.4. The third-order valence-corrected chi connectivity index (χ3v) is 5.02. The topological polar surface area (TPSA) is 29.5 Å². The van der Waals surface area contributed by atoms with Gasteiger partial charge < -0.3 is 4.90 Å². The predicted molar refractivity (Wildman–Crippen MR) is 73.7 cm³/mol. The number of carbonyl (C=O) groups excluding carboxylic acids is 1. The highest BCUT2D eigenvalue weighted by atomic mass is 19.4. The summed E-state index contributed by atoms with van der Waals surface area (Å²) in [5, 5.41) is 0. The second-order valence-electron chi connectivity index (χ2n) is 6.22. The number of rotatable bonds is 4.